The maximum Gasteiger partial charge on any atom is 0.266 e. The quantitative estimate of drug-likeness (QED) is 0.615. The second kappa shape index (κ2) is 8.00. The molecular weight excluding hydrogens is 386 g/mol. The predicted molar refractivity (Wildman–Crippen MR) is 112 cm³/mol. The molecule has 9 heteroatoms. The first kappa shape index (κ1) is 18.4. The van der Waals surface area contributed by atoms with Crippen LogP contribution in [0.1, 0.15) is 24.6 Å². The summed E-state index contributed by atoms with van der Waals surface area (Å²) < 4.78 is 6.08. The van der Waals surface area contributed by atoms with Crippen molar-refractivity contribution in [1.82, 2.24) is 29.0 Å². The van der Waals surface area contributed by atoms with Gasteiger partial charge in [-0.05, 0) is 31.0 Å². The smallest absolute Gasteiger partial charge is 0.266 e. The van der Waals surface area contributed by atoms with Gasteiger partial charge in [-0.1, -0.05) is 0 Å². The lowest BCUT2D eigenvalue weighted by molar-refractivity contribution is 0.243. The normalized spacial score (nSPS) is 17.6. The van der Waals surface area contributed by atoms with E-state index < -0.39 is 0 Å². The Hall–Kier alpha value is -2.65. The molecule has 1 aliphatic heterocycles. The lowest BCUT2D eigenvalue weighted by Crippen LogP contribution is -2.47. The Balaban J connectivity index is 1.17. The van der Waals surface area contributed by atoms with E-state index in [1.807, 2.05) is 12.1 Å². The number of pyridine rings is 1. The van der Waals surface area contributed by atoms with Crippen molar-refractivity contribution >= 4 is 16.7 Å². The molecule has 2 fully saturated rings. The van der Waals surface area contributed by atoms with Crippen LogP contribution in [0.15, 0.2) is 41.5 Å². The number of piperazine rings is 1. The van der Waals surface area contributed by atoms with Gasteiger partial charge in [-0.25, -0.2) is 9.67 Å². The second-order valence-electron chi connectivity index (χ2n) is 7.55. The predicted octanol–water partition coefficient (Wildman–Crippen LogP) is 1.86. The van der Waals surface area contributed by atoms with E-state index in [-0.39, 0.29) is 5.56 Å². The van der Waals surface area contributed by atoms with E-state index in [0.29, 0.717) is 12.5 Å². The van der Waals surface area contributed by atoms with Gasteiger partial charge < -0.3 is 4.90 Å². The van der Waals surface area contributed by atoms with Crippen LogP contribution in [0.5, 0.6) is 0 Å². The molecule has 0 atom stereocenters. The van der Waals surface area contributed by atoms with Crippen LogP contribution < -0.4 is 10.5 Å². The Bertz CT molecular complexity index is 1020. The average molecular weight is 410 g/mol. The Morgan fingerprint density at radius 1 is 1.00 bits per heavy atom. The van der Waals surface area contributed by atoms with Crippen LogP contribution in [0.4, 0.5) is 5.13 Å². The fraction of sp³-hybridized carbons (Fsp3) is 0.450. The Kier molecular flexibility index (Phi) is 5.07. The molecule has 1 saturated heterocycles. The summed E-state index contributed by atoms with van der Waals surface area (Å²) in [7, 11) is 0. The summed E-state index contributed by atoms with van der Waals surface area (Å²) in [5.41, 5.74) is 1.69. The molecule has 0 bridgehead atoms. The molecule has 0 spiro atoms. The molecule has 0 N–H and O–H groups in total. The molecular formula is C20H23N7OS. The van der Waals surface area contributed by atoms with Crippen molar-refractivity contribution < 1.29 is 0 Å². The standard InChI is InChI=1S/C20H23N7OS/c28-18-4-3-17(15-5-7-21-8-6-15)23-27(18)14-11-25-9-12-26(13-10-25)20-22-19(24-29-20)16-1-2-16/h3-8,16H,1-2,9-14H2. The van der Waals surface area contributed by atoms with Gasteiger partial charge in [0.2, 0.25) is 5.13 Å². The molecule has 0 unspecified atom stereocenters. The van der Waals surface area contributed by atoms with E-state index in [1.165, 1.54) is 24.4 Å². The summed E-state index contributed by atoms with van der Waals surface area (Å²) in [4.78, 5) is 25.7. The van der Waals surface area contributed by atoms with E-state index in [9.17, 15) is 4.79 Å². The van der Waals surface area contributed by atoms with E-state index in [2.05, 4.69) is 24.3 Å². The second-order valence-corrected chi connectivity index (χ2v) is 8.28. The van der Waals surface area contributed by atoms with E-state index >= 15 is 0 Å². The summed E-state index contributed by atoms with van der Waals surface area (Å²) in [6, 6.07) is 7.16. The SMILES string of the molecule is O=c1ccc(-c2ccncc2)nn1CCN1CCN(c2nc(C3CC3)ns2)CC1. The molecule has 0 radical (unpaired) electrons. The molecule has 150 valence electrons. The summed E-state index contributed by atoms with van der Waals surface area (Å²) in [5.74, 6) is 1.64. The zero-order valence-electron chi connectivity index (χ0n) is 16.1. The first-order valence-corrected chi connectivity index (χ1v) is 10.8. The first-order valence-electron chi connectivity index (χ1n) is 10.1. The van der Waals surface area contributed by atoms with Gasteiger partial charge in [0.05, 0.1) is 12.2 Å². The highest BCUT2D eigenvalue weighted by Crippen LogP contribution is 2.39. The number of hydrogen-bond donors (Lipinski definition) is 0. The molecule has 0 amide bonds. The minimum atomic E-state index is -0.0668. The average Bonchev–Trinajstić information content (AvgIpc) is 3.51. The van der Waals surface area contributed by atoms with Crippen molar-refractivity contribution in [2.24, 2.45) is 0 Å². The zero-order chi connectivity index (χ0) is 19.6. The van der Waals surface area contributed by atoms with Crippen molar-refractivity contribution in [3.63, 3.8) is 0 Å². The van der Waals surface area contributed by atoms with Crippen molar-refractivity contribution in [3.8, 4) is 11.3 Å². The van der Waals surface area contributed by atoms with Crippen molar-refractivity contribution in [2.75, 3.05) is 37.6 Å². The van der Waals surface area contributed by atoms with E-state index in [4.69, 9.17) is 4.98 Å². The molecule has 2 aliphatic rings. The number of hydrogen-bond acceptors (Lipinski definition) is 8. The Morgan fingerprint density at radius 3 is 2.55 bits per heavy atom. The van der Waals surface area contributed by atoms with Crippen LogP contribution in [0.2, 0.25) is 0 Å². The maximum atomic E-state index is 12.2. The summed E-state index contributed by atoms with van der Waals surface area (Å²) >= 11 is 1.52. The number of rotatable bonds is 6. The fourth-order valence-corrected chi connectivity index (χ4v) is 4.34. The molecule has 0 aromatic carbocycles. The number of anilines is 1. The highest BCUT2D eigenvalue weighted by atomic mass is 32.1. The zero-order valence-corrected chi connectivity index (χ0v) is 17.0. The Morgan fingerprint density at radius 2 is 1.79 bits per heavy atom. The van der Waals surface area contributed by atoms with Crippen molar-refractivity contribution in [2.45, 2.75) is 25.3 Å². The van der Waals surface area contributed by atoms with Gasteiger partial charge in [0.25, 0.3) is 5.56 Å². The molecule has 3 aromatic rings. The lowest BCUT2D eigenvalue weighted by atomic mass is 10.2. The van der Waals surface area contributed by atoms with E-state index in [0.717, 1.165) is 54.9 Å². The van der Waals surface area contributed by atoms with Gasteiger partial charge in [0.1, 0.15) is 5.82 Å². The van der Waals surface area contributed by atoms with Crippen molar-refractivity contribution in [1.29, 1.82) is 0 Å². The number of nitrogens with zero attached hydrogens (tertiary/aromatic N) is 7. The van der Waals surface area contributed by atoms with Crippen LogP contribution in [0, 0.1) is 0 Å². The molecule has 29 heavy (non-hydrogen) atoms. The monoisotopic (exact) mass is 409 g/mol. The van der Waals surface area contributed by atoms with Crippen LogP contribution >= 0.6 is 11.5 Å². The third-order valence-corrected chi connectivity index (χ3v) is 6.28. The molecule has 1 aliphatic carbocycles. The highest BCUT2D eigenvalue weighted by molar-refractivity contribution is 7.09. The van der Waals surface area contributed by atoms with Gasteiger partial charge in [-0.15, -0.1) is 0 Å². The van der Waals surface area contributed by atoms with Crippen LogP contribution in [-0.2, 0) is 6.54 Å². The van der Waals surface area contributed by atoms with Gasteiger partial charge in [0, 0.05) is 74.2 Å². The largest absolute Gasteiger partial charge is 0.344 e. The summed E-state index contributed by atoms with van der Waals surface area (Å²) in [5, 5.41) is 5.59. The summed E-state index contributed by atoms with van der Waals surface area (Å²) in [6.07, 6.45) is 5.94. The van der Waals surface area contributed by atoms with Crippen LogP contribution in [0.3, 0.4) is 0 Å². The first-order chi connectivity index (χ1) is 14.3. The maximum absolute atomic E-state index is 12.2. The van der Waals surface area contributed by atoms with Crippen LogP contribution in [-0.4, -0.2) is 61.7 Å². The number of aromatic nitrogens is 5. The minimum Gasteiger partial charge on any atom is -0.344 e. The topological polar surface area (TPSA) is 80.0 Å². The van der Waals surface area contributed by atoms with E-state index in [1.54, 1.807) is 29.2 Å². The highest BCUT2D eigenvalue weighted by Gasteiger charge is 2.29. The van der Waals surface area contributed by atoms with Gasteiger partial charge in [-0.2, -0.15) is 9.47 Å². The van der Waals surface area contributed by atoms with Crippen LogP contribution in [0.25, 0.3) is 11.3 Å². The molecule has 8 nitrogen and oxygen atoms in total. The van der Waals surface area contributed by atoms with Gasteiger partial charge in [0.15, 0.2) is 0 Å². The fourth-order valence-electron chi connectivity index (χ4n) is 3.55. The minimum absolute atomic E-state index is 0.0668. The molecule has 4 heterocycles. The lowest BCUT2D eigenvalue weighted by Gasteiger charge is -2.34. The molecule has 5 rings (SSSR count). The third kappa shape index (κ3) is 4.20. The van der Waals surface area contributed by atoms with Gasteiger partial charge >= 0.3 is 0 Å². The molecule has 1 saturated carbocycles. The third-order valence-electron chi connectivity index (χ3n) is 5.49. The molecule has 3 aromatic heterocycles. The van der Waals surface area contributed by atoms with Gasteiger partial charge in [-0.3, -0.25) is 14.7 Å². The summed E-state index contributed by atoms with van der Waals surface area (Å²) in [6.45, 7) is 5.19. The van der Waals surface area contributed by atoms with Crippen molar-refractivity contribution in [3.05, 3.63) is 52.8 Å². The Labute approximate surface area is 173 Å².